The van der Waals surface area contributed by atoms with Crippen LogP contribution in [0.1, 0.15) is 5.69 Å². The fourth-order valence-corrected chi connectivity index (χ4v) is 1.70. The van der Waals surface area contributed by atoms with E-state index in [-0.39, 0.29) is 5.75 Å². The number of halogens is 1. The van der Waals surface area contributed by atoms with Gasteiger partial charge in [-0.2, -0.15) is 0 Å². The molecule has 66 valence electrons. The molecular formula is C9H7BrN2O. The predicted molar refractivity (Wildman–Crippen MR) is 53.6 cm³/mol. The Bertz CT molecular complexity index is 470. The van der Waals surface area contributed by atoms with Gasteiger partial charge < -0.3 is 5.11 Å². The Morgan fingerprint density at radius 2 is 2.08 bits per heavy atom. The van der Waals surface area contributed by atoms with Crippen molar-refractivity contribution in [2.24, 2.45) is 0 Å². The van der Waals surface area contributed by atoms with Gasteiger partial charge in [0.1, 0.15) is 11.3 Å². The standard InChI is InChI=1S/C9H7BrN2O/c1-5-6-3-2-4-7(13)8(6)12-9(10)11-5/h2-4,13H,1H3. The maximum atomic E-state index is 9.51. The molecule has 0 spiro atoms. The van der Waals surface area contributed by atoms with Gasteiger partial charge in [-0.1, -0.05) is 12.1 Å². The van der Waals surface area contributed by atoms with E-state index < -0.39 is 0 Å². The van der Waals surface area contributed by atoms with Crippen LogP contribution in [0.2, 0.25) is 0 Å². The lowest BCUT2D eigenvalue weighted by atomic mass is 10.2. The van der Waals surface area contributed by atoms with Gasteiger partial charge in [-0.3, -0.25) is 0 Å². The van der Waals surface area contributed by atoms with Crippen LogP contribution in [-0.4, -0.2) is 15.1 Å². The molecule has 0 fully saturated rings. The number of hydrogen-bond acceptors (Lipinski definition) is 3. The van der Waals surface area contributed by atoms with Crippen LogP contribution < -0.4 is 0 Å². The van der Waals surface area contributed by atoms with Crippen molar-refractivity contribution in [3.8, 4) is 5.75 Å². The van der Waals surface area contributed by atoms with Crippen LogP contribution in [0.25, 0.3) is 10.9 Å². The minimum atomic E-state index is 0.184. The Kier molecular flexibility index (Phi) is 1.92. The van der Waals surface area contributed by atoms with Crippen molar-refractivity contribution in [1.29, 1.82) is 0 Å². The van der Waals surface area contributed by atoms with Crippen molar-refractivity contribution >= 4 is 26.8 Å². The number of aromatic hydroxyl groups is 1. The van der Waals surface area contributed by atoms with Crippen LogP contribution in [0, 0.1) is 6.92 Å². The lowest BCUT2D eigenvalue weighted by molar-refractivity contribution is 0.480. The van der Waals surface area contributed by atoms with Gasteiger partial charge in [-0.25, -0.2) is 9.97 Å². The van der Waals surface area contributed by atoms with Crippen molar-refractivity contribution in [2.75, 3.05) is 0 Å². The predicted octanol–water partition coefficient (Wildman–Crippen LogP) is 2.41. The zero-order valence-corrected chi connectivity index (χ0v) is 8.54. The molecule has 0 atom stereocenters. The number of aryl methyl sites for hydroxylation is 1. The van der Waals surface area contributed by atoms with Gasteiger partial charge in [0.05, 0.1) is 0 Å². The molecule has 1 heterocycles. The summed E-state index contributed by atoms with van der Waals surface area (Å²) in [6, 6.07) is 5.28. The summed E-state index contributed by atoms with van der Waals surface area (Å²) in [5.74, 6) is 0.184. The minimum absolute atomic E-state index is 0.184. The first-order chi connectivity index (χ1) is 6.18. The molecule has 0 amide bonds. The molecule has 0 aliphatic rings. The Balaban J connectivity index is 2.94. The highest BCUT2D eigenvalue weighted by atomic mass is 79.9. The lowest BCUT2D eigenvalue weighted by Crippen LogP contribution is -1.89. The SMILES string of the molecule is Cc1nc(Br)nc2c(O)cccc12. The van der Waals surface area contributed by atoms with Crippen LogP contribution in [-0.2, 0) is 0 Å². The van der Waals surface area contributed by atoms with Crippen molar-refractivity contribution in [2.45, 2.75) is 6.92 Å². The molecule has 0 aliphatic heterocycles. The minimum Gasteiger partial charge on any atom is -0.506 e. The van der Waals surface area contributed by atoms with Crippen molar-refractivity contribution in [1.82, 2.24) is 9.97 Å². The van der Waals surface area contributed by atoms with Gasteiger partial charge in [0, 0.05) is 11.1 Å². The van der Waals surface area contributed by atoms with Crippen LogP contribution in [0.15, 0.2) is 22.9 Å². The third-order valence-electron chi connectivity index (χ3n) is 1.87. The number of aromatic nitrogens is 2. The molecule has 13 heavy (non-hydrogen) atoms. The number of fused-ring (bicyclic) bond motifs is 1. The molecular weight excluding hydrogens is 232 g/mol. The topological polar surface area (TPSA) is 46.0 Å². The van der Waals surface area contributed by atoms with E-state index in [9.17, 15) is 5.11 Å². The summed E-state index contributed by atoms with van der Waals surface area (Å²) in [6.45, 7) is 1.88. The maximum absolute atomic E-state index is 9.51. The van der Waals surface area contributed by atoms with Crippen molar-refractivity contribution in [3.63, 3.8) is 0 Å². The van der Waals surface area contributed by atoms with Crippen LogP contribution >= 0.6 is 15.9 Å². The molecule has 2 aromatic rings. The molecule has 0 radical (unpaired) electrons. The second kappa shape index (κ2) is 2.96. The number of phenolic OH excluding ortho intramolecular Hbond substituents is 1. The summed E-state index contributed by atoms with van der Waals surface area (Å²) >= 11 is 3.18. The molecule has 1 aromatic heterocycles. The second-order valence-electron chi connectivity index (χ2n) is 2.75. The highest BCUT2D eigenvalue weighted by Crippen LogP contribution is 2.24. The van der Waals surface area contributed by atoms with E-state index in [2.05, 4.69) is 25.9 Å². The summed E-state index contributed by atoms with van der Waals surface area (Å²) in [4.78, 5) is 8.23. The zero-order chi connectivity index (χ0) is 9.42. The first-order valence-corrected chi connectivity index (χ1v) is 4.59. The number of rotatable bonds is 0. The lowest BCUT2D eigenvalue weighted by Gasteiger charge is -2.02. The summed E-state index contributed by atoms with van der Waals surface area (Å²) in [6.07, 6.45) is 0. The summed E-state index contributed by atoms with van der Waals surface area (Å²) < 4.78 is 0.499. The molecule has 2 rings (SSSR count). The molecule has 4 heteroatoms. The Labute approximate surface area is 83.6 Å². The summed E-state index contributed by atoms with van der Waals surface area (Å²) in [5, 5.41) is 10.4. The van der Waals surface area contributed by atoms with E-state index in [1.807, 2.05) is 13.0 Å². The number of nitrogens with zero attached hydrogens (tertiary/aromatic N) is 2. The molecule has 1 aromatic carbocycles. The first kappa shape index (κ1) is 8.44. The van der Waals surface area contributed by atoms with Crippen molar-refractivity contribution in [3.05, 3.63) is 28.6 Å². The zero-order valence-electron chi connectivity index (χ0n) is 6.95. The highest BCUT2D eigenvalue weighted by molar-refractivity contribution is 9.10. The average molecular weight is 239 g/mol. The Morgan fingerprint density at radius 3 is 2.85 bits per heavy atom. The van der Waals surface area contributed by atoms with Gasteiger partial charge in [-0.05, 0) is 28.9 Å². The van der Waals surface area contributed by atoms with E-state index in [0.717, 1.165) is 11.1 Å². The third-order valence-corrected chi connectivity index (χ3v) is 2.22. The third kappa shape index (κ3) is 1.37. The number of para-hydroxylation sites is 1. The Morgan fingerprint density at radius 1 is 1.31 bits per heavy atom. The van der Waals surface area contributed by atoms with Gasteiger partial charge in [0.15, 0.2) is 4.73 Å². The van der Waals surface area contributed by atoms with Gasteiger partial charge in [-0.15, -0.1) is 0 Å². The quantitative estimate of drug-likeness (QED) is 0.718. The summed E-state index contributed by atoms with van der Waals surface area (Å²) in [7, 11) is 0. The largest absolute Gasteiger partial charge is 0.506 e. The highest BCUT2D eigenvalue weighted by Gasteiger charge is 2.05. The number of phenols is 1. The number of benzene rings is 1. The normalized spacial score (nSPS) is 10.6. The molecule has 0 saturated heterocycles. The van der Waals surface area contributed by atoms with Crippen LogP contribution in [0.3, 0.4) is 0 Å². The van der Waals surface area contributed by atoms with Crippen molar-refractivity contribution < 1.29 is 5.11 Å². The van der Waals surface area contributed by atoms with E-state index in [0.29, 0.717) is 10.3 Å². The van der Waals surface area contributed by atoms with Gasteiger partial charge in [0.2, 0.25) is 0 Å². The Hall–Kier alpha value is -1.16. The molecule has 0 bridgehead atoms. The van der Waals surface area contributed by atoms with Gasteiger partial charge in [0.25, 0.3) is 0 Å². The molecule has 0 aliphatic carbocycles. The fourth-order valence-electron chi connectivity index (χ4n) is 1.26. The smallest absolute Gasteiger partial charge is 0.197 e. The number of hydrogen-bond donors (Lipinski definition) is 1. The molecule has 0 unspecified atom stereocenters. The first-order valence-electron chi connectivity index (χ1n) is 3.80. The average Bonchev–Trinajstić information content (AvgIpc) is 2.07. The van der Waals surface area contributed by atoms with E-state index in [4.69, 9.17) is 0 Å². The van der Waals surface area contributed by atoms with E-state index in [1.165, 1.54) is 0 Å². The molecule has 3 nitrogen and oxygen atoms in total. The van der Waals surface area contributed by atoms with E-state index >= 15 is 0 Å². The fraction of sp³-hybridized carbons (Fsp3) is 0.111. The second-order valence-corrected chi connectivity index (χ2v) is 3.46. The maximum Gasteiger partial charge on any atom is 0.197 e. The summed E-state index contributed by atoms with van der Waals surface area (Å²) in [5.41, 5.74) is 1.44. The molecule has 1 N–H and O–H groups in total. The van der Waals surface area contributed by atoms with Crippen LogP contribution in [0.4, 0.5) is 0 Å². The molecule has 0 saturated carbocycles. The monoisotopic (exact) mass is 238 g/mol. The van der Waals surface area contributed by atoms with Crippen LogP contribution in [0.5, 0.6) is 5.75 Å². The van der Waals surface area contributed by atoms with Gasteiger partial charge >= 0.3 is 0 Å². The van der Waals surface area contributed by atoms with E-state index in [1.54, 1.807) is 12.1 Å².